The largest absolute Gasteiger partial charge is 0.360 e. The van der Waals surface area contributed by atoms with E-state index in [2.05, 4.69) is 15.3 Å². The first kappa shape index (κ1) is 28.0. The summed E-state index contributed by atoms with van der Waals surface area (Å²) in [6.45, 7) is 0.177. The van der Waals surface area contributed by atoms with Gasteiger partial charge in [0.25, 0.3) is 5.91 Å². The first-order valence-electron chi connectivity index (χ1n) is 13.5. The Morgan fingerprint density at radius 3 is 2.67 bits per heavy atom. The summed E-state index contributed by atoms with van der Waals surface area (Å²) >= 11 is 7.16. The first-order valence-corrected chi connectivity index (χ1v) is 14.8. The Balaban J connectivity index is 1.20. The van der Waals surface area contributed by atoms with Crippen molar-refractivity contribution >= 4 is 44.7 Å². The lowest BCUT2D eigenvalue weighted by molar-refractivity contribution is -0.297. The zero-order chi connectivity index (χ0) is 29.7. The fourth-order valence-corrected chi connectivity index (χ4v) is 6.31. The number of ether oxygens (including phenoxy) is 3. The van der Waals surface area contributed by atoms with Crippen molar-refractivity contribution in [3.05, 3.63) is 94.6 Å². The number of halogens is 3. The van der Waals surface area contributed by atoms with E-state index >= 15 is 0 Å². The van der Waals surface area contributed by atoms with Crippen molar-refractivity contribution in [2.45, 2.75) is 37.1 Å². The maximum atomic E-state index is 14.2. The fourth-order valence-electron chi connectivity index (χ4n) is 5.49. The summed E-state index contributed by atoms with van der Waals surface area (Å²) in [5.41, 5.74) is 4.58. The van der Waals surface area contributed by atoms with Gasteiger partial charge >= 0.3 is 0 Å². The van der Waals surface area contributed by atoms with Crippen LogP contribution in [0.1, 0.15) is 24.3 Å². The van der Waals surface area contributed by atoms with Gasteiger partial charge in [-0.3, -0.25) is 4.79 Å². The van der Waals surface area contributed by atoms with Gasteiger partial charge in [0.05, 0.1) is 34.6 Å². The Hall–Kier alpha value is -3.81. The van der Waals surface area contributed by atoms with Crippen LogP contribution in [0.3, 0.4) is 0 Å². The van der Waals surface area contributed by atoms with Crippen molar-refractivity contribution in [1.82, 2.24) is 20.0 Å². The molecule has 0 radical (unpaired) electrons. The fraction of sp³-hybridized carbons (Fsp3) is 0.267. The summed E-state index contributed by atoms with van der Waals surface area (Å²) in [7, 11) is 1.70. The number of rotatable bonds is 5. The van der Waals surface area contributed by atoms with Crippen LogP contribution < -0.4 is 4.90 Å². The molecular formula is C30H24ClF2N5O4S. The highest BCUT2D eigenvalue weighted by atomic mass is 35.5. The molecule has 2 saturated heterocycles. The van der Waals surface area contributed by atoms with Crippen LogP contribution in [0.2, 0.25) is 5.02 Å². The molecule has 5 aromatic rings. The van der Waals surface area contributed by atoms with E-state index in [0.29, 0.717) is 5.69 Å². The van der Waals surface area contributed by atoms with Crippen molar-refractivity contribution in [3.63, 3.8) is 0 Å². The van der Waals surface area contributed by atoms with Gasteiger partial charge in [0.2, 0.25) is 0 Å². The van der Waals surface area contributed by atoms with Gasteiger partial charge in [-0.2, -0.15) is 0 Å². The predicted molar refractivity (Wildman–Crippen MR) is 156 cm³/mol. The van der Waals surface area contributed by atoms with Gasteiger partial charge in [0.15, 0.2) is 6.29 Å². The van der Waals surface area contributed by atoms with Crippen molar-refractivity contribution in [2.24, 2.45) is 0 Å². The highest BCUT2D eigenvalue weighted by molar-refractivity contribution is 7.16. The lowest BCUT2D eigenvalue weighted by atomic mass is 9.93. The standard InChI is InChI=1S/C30H24ClF2N5O4S/c1-37(18-7-8-21-26(11-18)43-15-34-21)29(39)24-12-23(28-25(41-24)14-40-30(42-28)16-5-3-2-4-6-16)38-13-22(35-36-38)17-9-19(32)27(31)20(33)10-17/h2-11,13,15,23-25,28,30H,12,14H2,1H3. The Morgan fingerprint density at radius 2 is 1.88 bits per heavy atom. The second-order valence-corrected chi connectivity index (χ2v) is 11.6. The SMILES string of the molecule is CN(C(=O)C1CC(n2cc(-c3cc(F)c(Cl)c(F)c3)nn2)C2OC(c3ccccc3)OCC2O1)c1ccc2ncsc2c1. The summed E-state index contributed by atoms with van der Waals surface area (Å²) in [4.78, 5) is 19.7. The summed E-state index contributed by atoms with van der Waals surface area (Å²) in [5, 5.41) is 7.88. The molecule has 1 amide bonds. The molecule has 43 heavy (non-hydrogen) atoms. The van der Waals surface area contributed by atoms with Crippen LogP contribution in [0.25, 0.3) is 21.5 Å². The molecule has 2 aromatic heterocycles. The van der Waals surface area contributed by atoms with Gasteiger partial charge in [-0.15, -0.1) is 16.4 Å². The summed E-state index contributed by atoms with van der Waals surface area (Å²) in [6, 6.07) is 16.8. The van der Waals surface area contributed by atoms with Gasteiger partial charge in [-0.05, 0) is 30.3 Å². The lowest BCUT2D eigenvalue weighted by Gasteiger charge is -2.45. The molecule has 0 bridgehead atoms. The number of benzene rings is 3. The molecule has 2 fully saturated rings. The second-order valence-electron chi connectivity index (χ2n) is 10.4. The molecule has 9 nitrogen and oxygen atoms in total. The third-order valence-electron chi connectivity index (χ3n) is 7.74. The Labute approximate surface area is 253 Å². The summed E-state index contributed by atoms with van der Waals surface area (Å²) < 4.78 is 49.7. The van der Waals surface area contributed by atoms with E-state index in [9.17, 15) is 13.6 Å². The van der Waals surface area contributed by atoms with Gasteiger partial charge in [0.1, 0.15) is 40.7 Å². The average Bonchev–Trinajstić information content (AvgIpc) is 3.72. The zero-order valence-electron chi connectivity index (χ0n) is 22.6. The van der Waals surface area contributed by atoms with E-state index in [0.717, 1.165) is 27.9 Å². The Morgan fingerprint density at radius 1 is 1.09 bits per heavy atom. The molecule has 0 aliphatic carbocycles. The smallest absolute Gasteiger partial charge is 0.255 e. The lowest BCUT2D eigenvalue weighted by Crippen LogP contribution is -2.56. The normalized spacial score (nSPS) is 23.7. The Bertz CT molecular complexity index is 1780. The molecule has 2 aliphatic heterocycles. The number of hydrogen-bond donors (Lipinski definition) is 0. The molecule has 220 valence electrons. The minimum absolute atomic E-state index is 0.176. The highest BCUT2D eigenvalue weighted by Gasteiger charge is 2.48. The van der Waals surface area contributed by atoms with Crippen LogP contribution >= 0.6 is 22.9 Å². The molecule has 5 atom stereocenters. The van der Waals surface area contributed by atoms with Crippen LogP contribution in [0, 0.1) is 11.6 Å². The van der Waals surface area contributed by atoms with Crippen LogP contribution in [-0.2, 0) is 19.0 Å². The van der Waals surface area contributed by atoms with Gasteiger partial charge < -0.3 is 19.1 Å². The number of thiazole rings is 1. The molecule has 0 N–H and O–H groups in total. The minimum Gasteiger partial charge on any atom is -0.360 e. The topological polar surface area (TPSA) is 91.6 Å². The molecule has 0 spiro atoms. The summed E-state index contributed by atoms with van der Waals surface area (Å²) in [6.07, 6.45) is -0.878. The molecule has 2 aliphatic rings. The molecule has 4 heterocycles. The molecule has 5 unspecified atom stereocenters. The third-order valence-corrected chi connectivity index (χ3v) is 8.90. The van der Waals surface area contributed by atoms with E-state index in [1.54, 1.807) is 28.3 Å². The van der Waals surface area contributed by atoms with Crippen LogP contribution in [0.5, 0.6) is 0 Å². The number of aromatic nitrogens is 4. The number of carbonyl (C=O) groups excluding carboxylic acids is 1. The highest BCUT2D eigenvalue weighted by Crippen LogP contribution is 2.40. The predicted octanol–water partition coefficient (Wildman–Crippen LogP) is 5.96. The number of hydrogen-bond acceptors (Lipinski definition) is 8. The van der Waals surface area contributed by atoms with Crippen molar-refractivity contribution in [1.29, 1.82) is 0 Å². The molecular weight excluding hydrogens is 600 g/mol. The quantitative estimate of drug-likeness (QED) is 0.223. The average molecular weight is 624 g/mol. The van der Waals surface area contributed by atoms with E-state index in [1.165, 1.54) is 11.3 Å². The molecule has 3 aromatic carbocycles. The van der Waals surface area contributed by atoms with E-state index < -0.39 is 47.3 Å². The minimum atomic E-state index is -0.902. The van der Waals surface area contributed by atoms with E-state index in [-0.39, 0.29) is 30.2 Å². The third kappa shape index (κ3) is 5.30. The number of carbonyl (C=O) groups is 1. The molecule has 13 heteroatoms. The first-order chi connectivity index (χ1) is 20.9. The van der Waals surface area contributed by atoms with Gasteiger partial charge in [-0.25, -0.2) is 18.4 Å². The molecule has 0 saturated carbocycles. The summed E-state index contributed by atoms with van der Waals surface area (Å²) in [5.74, 6) is -2.05. The Kier molecular flexibility index (Phi) is 7.39. The maximum absolute atomic E-state index is 14.2. The van der Waals surface area contributed by atoms with E-state index in [4.69, 9.17) is 25.8 Å². The second kappa shape index (κ2) is 11.4. The van der Waals surface area contributed by atoms with Crippen LogP contribution in [0.15, 0.2) is 72.4 Å². The van der Waals surface area contributed by atoms with Crippen LogP contribution in [-0.4, -0.2) is 57.9 Å². The van der Waals surface area contributed by atoms with Crippen LogP contribution in [0.4, 0.5) is 14.5 Å². The van der Waals surface area contributed by atoms with Gasteiger partial charge in [-0.1, -0.05) is 47.1 Å². The molecule has 7 rings (SSSR count). The van der Waals surface area contributed by atoms with Gasteiger partial charge in [0, 0.05) is 30.3 Å². The number of likely N-dealkylation sites (N-methyl/N-ethyl adjacent to an activating group) is 1. The maximum Gasteiger partial charge on any atom is 0.255 e. The number of anilines is 1. The van der Waals surface area contributed by atoms with Crippen molar-refractivity contribution < 1.29 is 27.8 Å². The number of fused-ring (bicyclic) bond motifs is 2. The monoisotopic (exact) mass is 623 g/mol. The van der Waals surface area contributed by atoms with Crippen molar-refractivity contribution in [3.8, 4) is 11.3 Å². The van der Waals surface area contributed by atoms with E-state index in [1.807, 2.05) is 48.5 Å². The van der Waals surface area contributed by atoms with Crippen molar-refractivity contribution in [2.75, 3.05) is 18.6 Å². The number of amides is 1. The zero-order valence-corrected chi connectivity index (χ0v) is 24.2. The number of nitrogens with zero attached hydrogens (tertiary/aromatic N) is 5.